The highest BCUT2D eigenvalue weighted by atomic mass is 32.2. The van der Waals surface area contributed by atoms with Gasteiger partial charge in [-0.1, -0.05) is 12.1 Å². The Kier molecular flexibility index (Phi) is 4.74. The average molecular weight is 311 g/mol. The molecule has 0 saturated heterocycles. The first kappa shape index (κ1) is 15.7. The highest BCUT2D eigenvalue weighted by molar-refractivity contribution is 7.88. The van der Waals surface area contributed by atoms with Crippen LogP contribution in [0.15, 0.2) is 30.3 Å². The third kappa shape index (κ3) is 4.64. The summed E-state index contributed by atoms with van der Waals surface area (Å²) in [4.78, 5) is 0. The number of nitrogens with zero attached hydrogens (tertiary/aromatic N) is 2. The quantitative estimate of drug-likeness (QED) is 0.884. The number of rotatable bonds is 6. The number of aromatic nitrogens is 2. The summed E-state index contributed by atoms with van der Waals surface area (Å²) in [7, 11) is -3.44. The topological polar surface area (TPSA) is 64.0 Å². The molecular weight excluding hydrogens is 293 g/mol. The van der Waals surface area contributed by atoms with Crippen molar-refractivity contribution in [1.82, 2.24) is 14.5 Å². The van der Waals surface area contributed by atoms with Crippen molar-refractivity contribution in [2.75, 3.05) is 6.54 Å². The summed E-state index contributed by atoms with van der Waals surface area (Å²) in [6.07, 6.45) is 0. The fourth-order valence-corrected chi connectivity index (χ4v) is 3.20. The summed E-state index contributed by atoms with van der Waals surface area (Å²) in [6.45, 7) is 4.56. The first-order valence-electron chi connectivity index (χ1n) is 6.58. The largest absolute Gasteiger partial charge is 0.268 e. The Bertz CT molecular complexity index is 708. The van der Waals surface area contributed by atoms with Gasteiger partial charge in [-0.2, -0.15) is 5.10 Å². The molecule has 0 bridgehead atoms. The molecule has 0 fully saturated rings. The second kappa shape index (κ2) is 6.36. The lowest BCUT2D eigenvalue weighted by atomic mass is 10.2. The Morgan fingerprint density at radius 2 is 1.90 bits per heavy atom. The molecule has 1 aromatic carbocycles. The monoisotopic (exact) mass is 311 g/mol. The zero-order chi connectivity index (χ0) is 15.5. The predicted molar refractivity (Wildman–Crippen MR) is 78.7 cm³/mol. The predicted octanol–water partition coefficient (Wildman–Crippen LogP) is 1.76. The van der Waals surface area contributed by atoms with E-state index in [0.717, 1.165) is 11.4 Å². The molecule has 0 spiro atoms. The minimum Gasteiger partial charge on any atom is -0.268 e. The fraction of sp³-hybridized carbons (Fsp3) is 0.357. The third-order valence-electron chi connectivity index (χ3n) is 3.02. The Balaban J connectivity index is 1.89. The first-order chi connectivity index (χ1) is 9.85. The van der Waals surface area contributed by atoms with Crippen LogP contribution in [-0.2, 0) is 22.3 Å². The van der Waals surface area contributed by atoms with Crippen molar-refractivity contribution in [3.63, 3.8) is 0 Å². The van der Waals surface area contributed by atoms with Crippen LogP contribution in [0.25, 0.3) is 0 Å². The van der Waals surface area contributed by atoms with Crippen molar-refractivity contribution in [3.8, 4) is 0 Å². The van der Waals surface area contributed by atoms with Crippen molar-refractivity contribution in [3.05, 3.63) is 53.1 Å². The molecule has 1 aromatic heterocycles. The lowest BCUT2D eigenvalue weighted by Crippen LogP contribution is -2.29. The van der Waals surface area contributed by atoms with Crippen LogP contribution in [0.5, 0.6) is 0 Å². The summed E-state index contributed by atoms with van der Waals surface area (Å²) in [5, 5.41) is 4.26. The molecule has 0 atom stereocenters. The Labute approximate surface area is 123 Å². The van der Waals surface area contributed by atoms with Crippen molar-refractivity contribution in [2.45, 2.75) is 26.1 Å². The van der Waals surface area contributed by atoms with Gasteiger partial charge in [-0.3, -0.25) is 4.68 Å². The molecular formula is C14H18FN3O2S. The van der Waals surface area contributed by atoms with E-state index in [-0.39, 0.29) is 18.1 Å². The van der Waals surface area contributed by atoms with E-state index in [9.17, 15) is 12.8 Å². The highest BCUT2D eigenvalue weighted by Crippen LogP contribution is 2.07. The van der Waals surface area contributed by atoms with E-state index < -0.39 is 10.0 Å². The number of aryl methyl sites for hydroxylation is 2. The van der Waals surface area contributed by atoms with Crippen molar-refractivity contribution in [2.24, 2.45) is 0 Å². The second-order valence-electron chi connectivity index (χ2n) is 4.93. The summed E-state index contributed by atoms with van der Waals surface area (Å²) in [6, 6.07) is 7.37. The first-order valence-corrected chi connectivity index (χ1v) is 8.24. The maximum atomic E-state index is 12.8. The third-order valence-corrected chi connectivity index (χ3v) is 4.38. The van der Waals surface area contributed by atoms with E-state index in [1.807, 2.05) is 19.9 Å². The molecule has 0 saturated carbocycles. The molecule has 114 valence electrons. The van der Waals surface area contributed by atoms with Crippen LogP contribution in [0.1, 0.15) is 17.0 Å². The van der Waals surface area contributed by atoms with Gasteiger partial charge in [0.1, 0.15) is 5.82 Å². The van der Waals surface area contributed by atoms with E-state index in [1.165, 1.54) is 24.3 Å². The van der Waals surface area contributed by atoms with Crippen LogP contribution >= 0.6 is 0 Å². The summed E-state index contributed by atoms with van der Waals surface area (Å²) < 4.78 is 40.9. The van der Waals surface area contributed by atoms with Crippen molar-refractivity contribution in [1.29, 1.82) is 0 Å². The van der Waals surface area contributed by atoms with Gasteiger partial charge in [0.05, 0.1) is 18.0 Å². The Morgan fingerprint density at radius 3 is 2.48 bits per heavy atom. The fourth-order valence-electron chi connectivity index (χ4n) is 2.06. The van der Waals surface area contributed by atoms with Gasteiger partial charge < -0.3 is 0 Å². The summed E-state index contributed by atoms with van der Waals surface area (Å²) in [5.41, 5.74) is 2.45. The van der Waals surface area contributed by atoms with Gasteiger partial charge in [0.15, 0.2) is 0 Å². The van der Waals surface area contributed by atoms with Crippen molar-refractivity contribution >= 4 is 10.0 Å². The molecule has 0 unspecified atom stereocenters. The molecule has 0 amide bonds. The molecule has 2 rings (SSSR count). The normalized spacial score (nSPS) is 11.8. The van der Waals surface area contributed by atoms with Gasteiger partial charge in [0.25, 0.3) is 0 Å². The minimum atomic E-state index is -3.44. The smallest absolute Gasteiger partial charge is 0.215 e. The molecule has 1 N–H and O–H groups in total. The zero-order valence-electron chi connectivity index (χ0n) is 12.0. The molecule has 2 aromatic rings. The number of benzene rings is 1. The molecule has 0 aliphatic rings. The van der Waals surface area contributed by atoms with E-state index in [1.54, 1.807) is 4.68 Å². The average Bonchev–Trinajstić information content (AvgIpc) is 2.70. The number of hydrogen-bond donors (Lipinski definition) is 1. The summed E-state index contributed by atoms with van der Waals surface area (Å²) in [5.74, 6) is -0.543. The van der Waals surface area contributed by atoms with E-state index >= 15 is 0 Å². The number of halogens is 1. The second-order valence-corrected chi connectivity index (χ2v) is 6.74. The van der Waals surface area contributed by atoms with Crippen LogP contribution in [0, 0.1) is 19.7 Å². The van der Waals surface area contributed by atoms with E-state index in [4.69, 9.17) is 0 Å². The van der Waals surface area contributed by atoms with E-state index in [2.05, 4.69) is 9.82 Å². The number of sulfonamides is 1. The van der Waals surface area contributed by atoms with Gasteiger partial charge in [-0.15, -0.1) is 0 Å². The van der Waals surface area contributed by atoms with Crippen molar-refractivity contribution < 1.29 is 12.8 Å². The van der Waals surface area contributed by atoms with Crippen LogP contribution < -0.4 is 4.72 Å². The number of nitrogens with one attached hydrogen (secondary N) is 1. The van der Waals surface area contributed by atoms with Crippen LogP contribution in [0.3, 0.4) is 0 Å². The lowest BCUT2D eigenvalue weighted by Gasteiger charge is -2.08. The van der Waals surface area contributed by atoms with Crippen LogP contribution in [-0.4, -0.2) is 24.7 Å². The molecule has 1 heterocycles. The minimum absolute atomic E-state index is 0.162. The molecule has 0 aliphatic heterocycles. The standard InChI is InChI=1S/C14H18FN3O2S/c1-11-9-12(2)18(17-11)8-7-16-21(19,20)10-13-3-5-14(15)6-4-13/h3-6,9,16H,7-8,10H2,1-2H3. The maximum absolute atomic E-state index is 12.8. The molecule has 21 heavy (non-hydrogen) atoms. The molecule has 5 nitrogen and oxygen atoms in total. The molecule has 0 radical (unpaired) electrons. The van der Waals surface area contributed by atoms with Gasteiger partial charge in [-0.25, -0.2) is 17.5 Å². The lowest BCUT2D eigenvalue weighted by molar-refractivity contribution is 0.553. The highest BCUT2D eigenvalue weighted by Gasteiger charge is 2.11. The molecule has 7 heteroatoms. The van der Waals surface area contributed by atoms with Gasteiger partial charge in [-0.05, 0) is 37.6 Å². The van der Waals surface area contributed by atoms with Crippen LogP contribution in [0.2, 0.25) is 0 Å². The Morgan fingerprint density at radius 1 is 1.24 bits per heavy atom. The van der Waals surface area contributed by atoms with Gasteiger partial charge in [0.2, 0.25) is 10.0 Å². The van der Waals surface area contributed by atoms with Gasteiger partial charge in [0, 0.05) is 12.2 Å². The summed E-state index contributed by atoms with van der Waals surface area (Å²) >= 11 is 0. The Hall–Kier alpha value is -1.73. The molecule has 0 aliphatic carbocycles. The van der Waals surface area contributed by atoms with E-state index in [0.29, 0.717) is 12.1 Å². The van der Waals surface area contributed by atoms with Gasteiger partial charge >= 0.3 is 0 Å². The zero-order valence-corrected chi connectivity index (χ0v) is 12.8. The number of hydrogen-bond acceptors (Lipinski definition) is 3. The van der Waals surface area contributed by atoms with Crippen LogP contribution in [0.4, 0.5) is 4.39 Å². The maximum Gasteiger partial charge on any atom is 0.215 e. The SMILES string of the molecule is Cc1cc(C)n(CCNS(=O)(=O)Cc2ccc(F)cc2)n1.